The van der Waals surface area contributed by atoms with Crippen molar-refractivity contribution in [2.45, 2.75) is 39.3 Å². The van der Waals surface area contributed by atoms with Gasteiger partial charge >= 0.3 is 0 Å². The molecular weight excluding hydrogens is 288 g/mol. The molecule has 4 nitrogen and oxygen atoms in total. The average Bonchev–Trinajstić information content (AvgIpc) is 3.01. The third-order valence-corrected chi connectivity index (χ3v) is 4.36. The van der Waals surface area contributed by atoms with E-state index in [0.717, 1.165) is 12.3 Å². The van der Waals surface area contributed by atoms with Crippen LogP contribution in [0.4, 0.5) is 0 Å². The molecule has 0 saturated carbocycles. The van der Waals surface area contributed by atoms with Crippen LogP contribution in [-0.2, 0) is 13.1 Å². The first-order valence-corrected chi connectivity index (χ1v) is 8.36. The summed E-state index contributed by atoms with van der Waals surface area (Å²) in [7, 11) is 0. The Morgan fingerprint density at radius 1 is 1.09 bits per heavy atom. The number of aryl methyl sites for hydroxylation is 1. The minimum Gasteiger partial charge on any atom is -0.456 e. The molecule has 4 heteroatoms. The smallest absolute Gasteiger partial charge is 0.287 e. The summed E-state index contributed by atoms with van der Waals surface area (Å²) in [4.78, 5) is 14.6. The lowest BCUT2D eigenvalue weighted by Gasteiger charge is -2.27. The second-order valence-electron chi connectivity index (χ2n) is 6.20. The van der Waals surface area contributed by atoms with Gasteiger partial charge < -0.3 is 9.73 Å². The molecule has 1 amide bonds. The van der Waals surface area contributed by atoms with Crippen molar-refractivity contribution >= 4 is 5.91 Å². The second-order valence-corrected chi connectivity index (χ2v) is 6.20. The van der Waals surface area contributed by atoms with Crippen LogP contribution >= 0.6 is 0 Å². The first-order valence-electron chi connectivity index (χ1n) is 8.36. The van der Waals surface area contributed by atoms with Gasteiger partial charge in [0, 0.05) is 13.1 Å². The first kappa shape index (κ1) is 15.8. The van der Waals surface area contributed by atoms with E-state index in [0.29, 0.717) is 12.3 Å². The first-order chi connectivity index (χ1) is 11.2. The number of benzene rings is 1. The largest absolute Gasteiger partial charge is 0.456 e. The molecule has 0 radical (unpaired) electrons. The van der Waals surface area contributed by atoms with Crippen molar-refractivity contribution in [2.75, 3.05) is 13.1 Å². The van der Waals surface area contributed by atoms with Gasteiger partial charge in [0.05, 0.1) is 0 Å². The highest BCUT2D eigenvalue weighted by Gasteiger charge is 2.14. The van der Waals surface area contributed by atoms with Crippen molar-refractivity contribution < 1.29 is 9.21 Å². The number of rotatable bonds is 5. The topological polar surface area (TPSA) is 45.5 Å². The highest BCUT2D eigenvalue weighted by molar-refractivity contribution is 5.91. The van der Waals surface area contributed by atoms with Gasteiger partial charge in [-0.1, -0.05) is 30.7 Å². The van der Waals surface area contributed by atoms with Gasteiger partial charge in [-0.05, 0) is 56.1 Å². The van der Waals surface area contributed by atoms with Crippen LogP contribution < -0.4 is 5.32 Å². The van der Waals surface area contributed by atoms with Crippen molar-refractivity contribution in [1.29, 1.82) is 0 Å². The molecule has 2 heterocycles. The number of piperidine rings is 1. The van der Waals surface area contributed by atoms with Crippen molar-refractivity contribution in [3.8, 4) is 0 Å². The van der Waals surface area contributed by atoms with Crippen LogP contribution in [0, 0.1) is 6.92 Å². The van der Waals surface area contributed by atoms with Crippen LogP contribution in [0.1, 0.15) is 46.7 Å². The van der Waals surface area contributed by atoms with E-state index in [1.54, 1.807) is 12.1 Å². The van der Waals surface area contributed by atoms with E-state index in [1.807, 2.05) is 13.0 Å². The summed E-state index contributed by atoms with van der Waals surface area (Å²) < 4.78 is 5.37. The fraction of sp³-hybridized carbons (Fsp3) is 0.421. The average molecular weight is 312 g/mol. The molecule has 0 atom stereocenters. The lowest BCUT2D eigenvalue weighted by Crippen LogP contribution is -2.30. The Morgan fingerprint density at radius 2 is 1.83 bits per heavy atom. The van der Waals surface area contributed by atoms with Gasteiger partial charge in [-0.2, -0.15) is 0 Å². The molecule has 23 heavy (non-hydrogen) atoms. The summed E-state index contributed by atoms with van der Waals surface area (Å²) in [5.74, 6) is 0.961. The van der Waals surface area contributed by atoms with E-state index in [-0.39, 0.29) is 5.91 Å². The molecule has 0 bridgehead atoms. The lowest BCUT2D eigenvalue weighted by molar-refractivity contribution is 0.0921. The zero-order chi connectivity index (χ0) is 16.1. The Hall–Kier alpha value is -2.07. The number of furan rings is 1. The molecule has 0 unspecified atom stereocenters. The van der Waals surface area contributed by atoms with Gasteiger partial charge in [-0.3, -0.25) is 9.69 Å². The number of carbonyl (C=O) groups excluding carboxylic acids is 1. The molecule has 122 valence electrons. The molecular formula is C19H24N2O2. The van der Waals surface area contributed by atoms with E-state index in [9.17, 15) is 4.79 Å². The van der Waals surface area contributed by atoms with E-state index in [4.69, 9.17) is 4.42 Å². The minimum atomic E-state index is -0.161. The SMILES string of the molecule is Cc1ccc(C(=O)NCc2ccccc2CN2CCCCC2)o1. The maximum atomic E-state index is 12.1. The number of hydrogen-bond donors (Lipinski definition) is 1. The quantitative estimate of drug-likeness (QED) is 0.919. The number of carbonyl (C=O) groups is 1. The monoisotopic (exact) mass is 312 g/mol. The Labute approximate surface area is 137 Å². The molecule has 1 aliphatic heterocycles. The summed E-state index contributed by atoms with van der Waals surface area (Å²) in [6.45, 7) is 5.68. The van der Waals surface area contributed by atoms with Crippen LogP contribution in [0.15, 0.2) is 40.8 Å². The number of likely N-dealkylation sites (tertiary alicyclic amines) is 1. The summed E-state index contributed by atoms with van der Waals surface area (Å²) >= 11 is 0. The highest BCUT2D eigenvalue weighted by Crippen LogP contribution is 2.16. The third kappa shape index (κ3) is 4.23. The Bertz CT molecular complexity index is 657. The van der Waals surface area contributed by atoms with E-state index in [1.165, 1.54) is 43.5 Å². The maximum Gasteiger partial charge on any atom is 0.287 e. The number of amides is 1. The Morgan fingerprint density at radius 3 is 2.52 bits per heavy atom. The van der Waals surface area contributed by atoms with Gasteiger partial charge in [0.1, 0.15) is 5.76 Å². The second kappa shape index (κ2) is 7.47. The van der Waals surface area contributed by atoms with Crippen LogP contribution in [0.25, 0.3) is 0 Å². The summed E-state index contributed by atoms with van der Waals surface area (Å²) in [5, 5.41) is 2.96. The molecule has 1 aromatic heterocycles. The molecule has 1 fully saturated rings. The van der Waals surface area contributed by atoms with Crippen LogP contribution in [-0.4, -0.2) is 23.9 Å². The van der Waals surface area contributed by atoms with Gasteiger partial charge in [-0.15, -0.1) is 0 Å². The van der Waals surface area contributed by atoms with Gasteiger partial charge in [0.2, 0.25) is 0 Å². The molecule has 0 spiro atoms. The van der Waals surface area contributed by atoms with E-state index < -0.39 is 0 Å². The summed E-state index contributed by atoms with van der Waals surface area (Å²) in [5.41, 5.74) is 2.47. The normalized spacial score (nSPS) is 15.5. The van der Waals surface area contributed by atoms with Crippen molar-refractivity contribution in [2.24, 2.45) is 0 Å². The van der Waals surface area contributed by atoms with Crippen molar-refractivity contribution in [3.63, 3.8) is 0 Å². The third-order valence-electron chi connectivity index (χ3n) is 4.36. The molecule has 1 saturated heterocycles. The zero-order valence-corrected chi connectivity index (χ0v) is 13.7. The molecule has 1 aliphatic rings. The molecule has 0 aliphatic carbocycles. The predicted molar refractivity (Wildman–Crippen MR) is 90.2 cm³/mol. The summed E-state index contributed by atoms with van der Waals surface area (Å²) in [6, 6.07) is 11.9. The minimum absolute atomic E-state index is 0.161. The highest BCUT2D eigenvalue weighted by atomic mass is 16.3. The zero-order valence-electron chi connectivity index (χ0n) is 13.7. The predicted octanol–water partition coefficient (Wildman–Crippen LogP) is 3.50. The van der Waals surface area contributed by atoms with Gasteiger partial charge in [0.15, 0.2) is 5.76 Å². The molecule has 2 aromatic rings. The van der Waals surface area contributed by atoms with Crippen LogP contribution in [0.5, 0.6) is 0 Å². The standard InChI is InChI=1S/C19H24N2O2/c1-15-9-10-18(23-15)19(22)20-13-16-7-3-4-8-17(16)14-21-11-5-2-6-12-21/h3-4,7-10H,2,5-6,11-14H2,1H3,(H,20,22). The fourth-order valence-corrected chi connectivity index (χ4v) is 3.06. The lowest BCUT2D eigenvalue weighted by atomic mass is 10.0. The van der Waals surface area contributed by atoms with Crippen molar-refractivity contribution in [3.05, 3.63) is 59.0 Å². The number of hydrogen-bond acceptors (Lipinski definition) is 3. The fourth-order valence-electron chi connectivity index (χ4n) is 3.06. The summed E-state index contributed by atoms with van der Waals surface area (Å²) in [6.07, 6.45) is 3.92. The van der Waals surface area contributed by atoms with Crippen LogP contribution in [0.3, 0.4) is 0 Å². The molecule has 1 aromatic carbocycles. The Balaban J connectivity index is 1.62. The number of nitrogens with one attached hydrogen (secondary N) is 1. The Kier molecular flexibility index (Phi) is 5.13. The van der Waals surface area contributed by atoms with Crippen LogP contribution in [0.2, 0.25) is 0 Å². The molecule has 3 rings (SSSR count). The number of nitrogens with zero attached hydrogens (tertiary/aromatic N) is 1. The van der Waals surface area contributed by atoms with Gasteiger partial charge in [0.25, 0.3) is 5.91 Å². The van der Waals surface area contributed by atoms with E-state index in [2.05, 4.69) is 28.4 Å². The van der Waals surface area contributed by atoms with Gasteiger partial charge in [-0.25, -0.2) is 0 Å². The molecule has 1 N–H and O–H groups in total. The maximum absolute atomic E-state index is 12.1. The van der Waals surface area contributed by atoms with Crippen molar-refractivity contribution in [1.82, 2.24) is 10.2 Å². The van der Waals surface area contributed by atoms with E-state index >= 15 is 0 Å².